The number of rotatable bonds is 35. The highest BCUT2D eigenvalue weighted by Gasteiger charge is 2.21. The van der Waals surface area contributed by atoms with Crippen molar-refractivity contribution in [2.45, 2.75) is 168 Å². The third kappa shape index (κ3) is 36.1. The molecule has 0 rings (SSSR count). The lowest BCUT2D eigenvalue weighted by molar-refractivity contribution is -0.870. The van der Waals surface area contributed by atoms with E-state index in [9.17, 15) is 19.0 Å². The molecule has 0 saturated heterocycles. The molecule has 288 valence electrons. The first-order valence-corrected chi connectivity index (χ1v) is 21.0. The number of carbonyl (C=O) groups excluding carboxylic acids is 2. The summed E-state index contributed by atoms with van der Waals surface area (Å²) < 4.78 is 33.7. The van der Waals surface area contributed by atoms with Crippen molar-refractivity contribution in [1.82, 2.24) is 0 Å². The number of esters is 2. The van der Waals surface area contributed by atoms with Crippen LogP contribution >= 0.6 is 7.82 Å². The van der Waals surface area contributed by atoms with Gasteiger partial charge < -0.3 is 27.9 Å². The molecule has 0 aromatic heterocycles. The monoisotopic (exact) mass is 716 g/mol. The zero-order valence-electron chi connectivity index (χ0n) is 32.1. The molecule has 2 atom stereocenters. The van der Waals surface area contributed by atoms with Crippen LogP contribution in [0.25, 0.3) is 0 Å². The summed E-state index contributed by atoms with van der Waals surface area (Å²) in [4.78, 5) is 37.3. The van der Waals surface area contributed by atoms with Crippen molar-refractivity contribution in [3.05, 3.63) is 24.3 Å². The Labute approximate surface area is 300 Å². The maximum atomic E-state index is 12.6. The average Bonchev–Trinajstić information content (AvgIpc) is 3.04. The maximum absolute atomic E-state index is 12.6. The average molecular weight is 716 g/mol. The molecule has 2 unspecified atom stereocenters. The Balaban J connectivity index is 4.51. The zero-order valence-corrected chi connectivity index (χ0v) is 33.0. The summed E-state index contributed by atoms with van der Waals surface area (Å²) in [5, 5.41) is 0. The van der Waals surface area contributed by atoms with Crippen molar-refractivity contribution in [2.75, 3.05) is 47.5 Å². The van der Waals surface area contributed by atoms with Crippen LogP contribution in [0.3, 0.4) is 0 Å². The van der Waals surface area contributed by atoms with E-state index >= 15 is 0 Å². The highest BCUT2D eigenvalue weighted by molar-refractivity contribution is 7.45. The summed E-state index contributed by atoms with van der Waals surface area (Å²) in [6.45, 7) is 4.13. The van der Waals surface area contributed by atoms with Crippen LogP contribution in [0.4, 0.5) is 0 Å². The number of unbranched alkanes of at least 4 members (excludes halogenated alkanes) is 17. The van der Waals surface area contributed by atoms with Crippen LogP contribution in [-0.2, 0) is 32.7 Å². The molecule has 0 amide bonds. The highest BCUT2D eigenvalue weighted by Crippen LogP contribution is 2.38. The lowest BCUT2D eigenvalue weighted by atomic mass is 10.0. The first-order valence-electron chi connectivity index (χ1n) is 19.5. The first kappa shape index (κ1) is 47.5. The number of quaternary nitrogens is 1. The van der Waals surface area contributed by atoms with E-state index in [1.165, 1.54) is 96.3 Å². The molecule has 0 aromatic carbocycles. The van der Waals surface area contributed by atoms with Gasteiger partial charge in [-0.1, -0.05) is 141 Å². The van der Waals surface area contributed by atoms with Gasteiger partial charge in [0.2, 0.25) is 0 Å². The number of likely N-dealkylation sites (N-methyl/N-ethyl adjacent to an activating group) is 1. The Morgan fingerprint density at radius 3 is 1.69 bits per heavy atom. The van der Waals surface area contributed by atoms with E-state index in [4.69, 9.17) is 18.5 Å². The minimum Gasteiger partial charge on any atom is -0.756 e. The number of hydrogen-bond donors (Lipinski definition) is 0. The van der Waals surface area contributed by atoms with Gasteiger partial charge in [-0.25, -0.2) is 0 Å². The van der Waals surface area contributed by atoms with E-state index in [-0.39, 0.29) is 26.1 Å². The maximum Gasteiger partial charge on any atom is 0.306 e. The normalized spacial score (nSPS) is 14.0. The number of phosphoric acid groups is 1. The summed E-state index contributed by atoms with van der Waals surface area (Å²) >= 11 is 0. The van der Waals surface area contributed by atoms with Gasteiger partial charge in [0.25, 0.3) is 7.82 Å². The van der Waals surface area contributed by atoms with E-state index in [1.54, 1.807) is 0 Å². The number of carbonyl (C=O) groups is 2. The van der Waals surface area contributed by atoms with Gasteiger partial charge in [-0.3, -0.25) is 14.2 Å². The molecule has 0 aliphatic heterocycles. The van der Waals surface area contributed by atoms with Crippen molar-refractivity contribution in [1.29, 1.82) is 0 Å². The lowest BCUT2D eigenvalue weighted by Crippen LogP contribution is -2.37. The van der Waals surface area contributed by atoms with Crippen molar-refractivity contribution in [3.8, 4) is 0 Å². The smallest absolute Gasteiger partial charge is 0.306 e. The van der Waals surface area contributed by atoms with Gasteiger partial charge in [0.05, 0.1) is 27.7 Å². The molecule has 0 heterocycles. The molecule has 0 radical (unpaired) electrons. The second kappa shape index (κ2) is 32.4. The Morgan fingerprint density at radius 1 is 0.633 bits per heavy atom. The van der Waals surface area contributed by atoms with E-state index < -0.39 is 32.5 Å². The number of ether oxygens (including phenoxy) is 2. The van der Waals surface area contributed by atoms with Crippen LogP contribution in [0.2, 0.25) is 0 Å². The molecule has 0 spiro atoms. The number of phosphoric ester groups is 1. The largest absolute Gasteiger partial charge is 0.756 e. The van der Waals surface area contributed by atoms with Crippen LogP contribution < -0.4 is 4.89 Å². The van der Waals surface area contributed by atoms with Crippen molar-refractivity contribution in [3.63, 3.8) is 0 Å². The van der Waals surface area contributed by atoms with Gasteiger partial charge in [-0.2, -0.15) is 0 Å². The molecule has 0 bridgehead atoms. The Bertz CT molecular complexity index is 902. The van der Waals surface area contributed by atoms with E-state index in [0.29, 0.717) is 17.4 Å². The van der Waals surface area contributed by atoms with Gasteiger partial charge in [0.1, 0.15) is 19.8 Å². The van der Waals surface area contributed by atoms with Gasteiger partial charge in [-0.05, 0) is 32.1 Å². The third-order valence-electron chi connectivity index (χ3n) is 8.24. The van der Waals surface area contributed by atoms with Crippen LogP contribution in [0.1, 0.15) is 162 Å². The number of hydrogen-bond acceptors (Lipinski definition) is 8. The number of allylic oxidation sites excluding steroid dienone is 4. The number of nitrogens with zero attached hydrogens (tertiary/aromatic N) is 1. The highest BCUT2D eigenvalue weighted by atomic mass is 31.2. The Morgan fingerprint density at radius 2 is 1.14 bits per heavy atom. The van der Waals surface area contributed by atoms with Gasteiger partial charge >= 0.3 is 11.9 Å². The molecule has 10 heteroatoms. The second-order valence-electron chi connectivity index (χ2n) is 14.3. The molecule has 0 saturated carbocycles. The Hall–Kier alpha value is -1.51. The fourth-order valence-corrected chi connectivity index (χ4v) is 5.85. The van der Waals surface area contributed by atoms with Crippen LogP contribution in [0.15, 0.2) is 24.3 Å². The van der Waals surface area contributed by atoms with Crippen molar-refractivity contribution in [2.24, 2.45) is 0 Å². The van der Waals surface area contributed by atoms with Crippen molar-refractivity contribution < 1.29 is 42.1 Å². The second-order valence-corrected chi connectivity index (χ2v) is 15.7. The molecule has 49 heavy (non-hydrogen) atoms. The van der Waals surface area contributed by atoms with Gasteiger partial charge in [0.15, 0.2) is 6.10 Å². The summed E-state index contributed by atoms with van der Waals surface area (Å²) in [5.41, 5.74) is 0. The summed E-state index contributed by atoms with van der Waals surface area (Å²) in [6, 6.07) is 0. The molecule has 9 nitrogen and oxygen atoms in total. The molecule has 0 aliphatic rings. The Kier molecular flexibility index (Phi) is 31.4. The minimum atomic E-state index is -4.63. The molecule has 0 aromatic rings. The van der Waals surface area contributed by atoms with Gasteiger partial charge in [0, 0.05) is 12.8 Å². The molecule has 0 aliphatic carbocycles. The zero-order chi connectivity index (χ0) is 36.5. The molecule has 0 fully saturated rings. The van der Waals surface area contributed by atoms with Crippen LogP contribution in [0, 0.1) is 0 Å². The van der Waals surface area contributed by atoms with E-state index in [2.05, 4.69) is 26.0 Å². The SMILES string of the molecule is CCCCCCCC/C=C/C/C=C/CCC(=O)OC(COC(=O)CCCCCCCCCCCCCC)COP(=O)([O-])OCC[N+](C)(C)C. The first-order chi connectivity index (χ1) is 23.5. The van der Waals surface area contributed by atoms with Crippen LogP contribution in [0.5, 0.6) is 0 Å². The topological polar surface area (TPSA) is 111 Å². The lowest BCUT2D eigenvalue weighted by Gasteiger charge is -2.28. The van der Waals surface area contributed by atoms with Gasteiger partial charge in [-0.15, -0.1) is 0 Å². The van der Waals surface area contributed by atoms with E-state index in [1.807, 2.05) is 33.3 Å². The standard InChI is InChI=1S/C39H74NO8P/c1-6-8-10-12-14-16-18-20-22-24-26-28-30-32-39(42)48-37(36-47-49(43,44)46-34-33-40(3,4)5)35-45-38(41)31-29-27-25-23-21-19-17-15-13-11-9-7-2/h20,22,26,28,37H,6-19,21,23-25,27,29-36H2,1-5H3/b22-20+,28-26+. The molecular formula is C39H74NO8P. The third-order valence-corrected chi connectivity index (χ3v) is 9.20. The fraction of sp³-hybridized carbons (Fsp3) is 0.846. The summed E-state index contributed by atoms with van der Waals surface area (Å²) in [6.07, 6.45) is 32.2. The minimum absolute atomic E-state index is 0.0384. The summed E-state index contributed by atoms with van der Waals surface area (Å²) in [7, 11) is 1.14. The fourth-order valence-electron chi connectivity index (χ4n) is 5.12. The predicted octanol–water partition coefficient (Wildman–Crippen LogP) is 9.77. The quantitative estimate of drug-likeness (QED) is 0.0210. The van der Waals surface area contributed by atoms with E-state index in [0.717, 1.165) is 32.1 Å². The van der Waals surface area contributed by atoms with Crippen LogP contribution in [-0.4, -0.2) is 70.0 Å². The molecular weight excluding hydrogens is 641 g/mol. The summed E-state index contributed by atoms with van der Waals surface area (Å²) in [5.74, 6) is -0.911. The molecule has 0 N–H and O–H groups in total. The van der Waals surface area contributed by atoms with Crippen molar-refractivity contribution >= 4 is 19.8 Å². The predicted molar refractivity (Wildman–Crippen MR) is 199 cm³/mol.